The molecule has 0 bridgehead atoms. The standard InChI is InChI=1S/C18H15N3O2S/c1-11(22)13-8-5-9-14(10-13)20-17(23)16-15(21-18(19)24-16)12-6-3-2-4-7-12/h2-10H,1H3,(H2,19,21)(H,20,23). The maximum Gasteiger partial charge on any atom is 0.268 e. The Hall–Kier alpha value is -2.99. The zero-order valence-corrected chi connectivity index (χ0v) is 13.8. The first-order valence-electron chi connectivity index (χ1n) is 7.28. The fourth-order valence-corrected chi connectivity index (χ4v) is 3.04. The first-order chi connectivity index (χ1) is 11.5. The minimum absolute atomic E-state index is 0.0573. The van der Waals surface area contributed by atoms with Crippen molar-refractivity contribution in [2.45, 2.75) is 6.92 Å². The van der Waals surface area contributed by atoms with Crippen molar-refractivity contribution in [2.75, 3.05) is 11.1 Å². The molecular formula is C18H15N3O2S. The molecule has 3 aromatic rings. The van der Waals surface area contributed by atoms with Crippen LogP contribution in [0.2, 0.25) is 0 Å². The van der Waals surface area contributed by atoms with Gasteiger partial charge in [-0.15, -0.1) is 0 Å². The molecule has 0 aliphatic rings. The monoisotopic (exact) mass is 337 g/mol. The normalized spacial score (nSPS) is 10.4. The lowest BCUT2D eigenvalue weighted by molar-refractivity contribution is 0.101. The molecule has 0 fully saturated rings. The lowest BCUT2D eigenvalue weighted by Gasteiger charge is -2.06. The highest BCUT2D eigenvalue weighted by Crippen LogP contribution is 2.30. The number of carbonyl (C=O) groups excluding carboxylic acids is 2. The molecule has 6 heteroatoms. The highest BCUT2D eigenvalue weighted by molar-refractivity contribution is 7.17. The van der Waals surface area contributed by atoms with Gasteiger partial charge in [-0.2, -0.15) is 0 Å². The molecule has 2 aromatic carbocycles. The second-order valence-corrected chi connectivity index (χ2v) is 6.22. The smallest absolute Gasteiger partial charge is 0.268 e. The molecule has 24 heavy (non-hydrogen) atoms. The second kappa shape index (κ2) is 6.64. The number of hydrogen-bond acceptors (Lipinski definition) is 5. The van der Waals surface area contributed by atoms with Gasteiger partial charge in [0.1, 0.15) is 4.88 Å². The van der Waals surface area contributed by atoms with E-state index in [4.69, 9.17) is 5.73 Å². The summed E-state index contributed by atoms with van der Waals surface area (Å²) in [4.78, 5) is 28.8. The molecule has 3 N–H and O–H groups in total. The van der Waals surface area contributed by atoms with Gasteiger partial charge in [-0.3, -0.25) is 9.59 Å². The molecule has 0 saturated heterocycles. The highest BCUT2D eigenvalue weighted by atomic mass is 32.1. The van der Waals surface area contributed by atoms with Crippen molar-refractivity contribution in [1.29, 1.82) is 0 Å². The van der Waals surface area contributed by atoms with E-state index in [1.807, 2.05) is 30.3 Å². The Labute approximate surface area is 143 Å². The first kappa shape index (κ1) is 15.9. The molecule has 5 nitrogen and oxygen atoms in total. The SMILES string of the molecule is CC(=O)c1cccc(NC(=O)c2sc(N)nc2-c2ccccc2)c1. The Kier molecular flexibility index (Phi) is 4.39. The van der Waals surface area contributed by atoms with Crippen molar-refractivity contribution >= 4 is 33.8 Å². The minimum atomic E-state index is -0.302. The second-order valence-electron chi connectivity index (χ2n) is 5.19. The quantitative estimate of drug-likeness (QED) is 0.708. The summed E-state index contributed by atoms with van der Waals surface area (Å²) in [5.41, 5.74) is 8.27. The molecule has 1 heterocycles. The Morgan fingerprint density at radius 1 is 1.08 bits per heavy atom. The molecule has 3 rings (SSSR count). The van der Waals surface area contributed by atoms with Gasteiger partial charge in [0.15, 0.2) is 10.9 Å². The zero-order valence-electron chi connectivity index (χ0n) is 12.9. The number of Topliss-reactive ketones (excluding diaryl/α,β-unsaturated/α-hetero) is 1. The van der Waals surface area contributed by atoms with E-state index in [9.17, 15) is 9.59 Å². The van der Waals surface area contributed by atoms with E-state index in [1.54, 1.807) is 24.3 Å². The van der Waals surface area contributed by atoms with Gasteiger partial charge in [-0.25, -0.2) is 4.98 Å². The number of hydrogen-bond donors (Lipinski definition) is 2. The predicted molar refractivity (Wildman–Crippen MR) is 96.4 cm³/mol. The average molecular weight is 337 g/mol. The summed E-state index contributed by atoms with van der Waals surface area (Å²) in [7, 11) is 0. The molecular weight excluding hydrogens is 322 g/mol. The fraction of sp³-hybridized carbons (Fsp3) is 0.0556. The number of nitrogens with two attached hydrogens (primary N) is 1. The van der Waals surface area contributed by atoms with Crippen molar-refractivity contribution < 1.29 is 9.59 Å². The van der Waals surface area contributed by atoms with Crippen LogP contribution < -0.4 is 11.1 Å². The number of thiazole rings is 1. The summed E-state index contributed by atoms with van der Waals surface area (Å²) in [6.45, 7) is 1.48. The lowest BCUT2D eigenvalue weighted by Crippen LogP contribution is -2.12. The number of carbonyl (C=O) groups is 2. The van der Waals surface area contributed by atoms with Crippen molar-refractivity contribution in [1.82, 2.24) is 4.98 Å². The molecule has 0 spiro atoms. The summed E-state index contributed by atoms with van der Waals surface area (Å²) in [6.07, 6.45) is 0. The molecule has 0 aliphatic heterocycles. The number of nitrogens with one attached hydrogen (secondary N) is 1. The third-order valence-electron chi connectivity index (χ3n) is 3.42. The van der Waals surface area contributed by atoms with Crippen LogP contribution in [0, 0.1) is 0 Å². The Balaban J connectivity index is 1.91. The third kappa shape index (κ3) is 3.33. The summed E-state index contributed by atoms with van der Waals surface area (Å²) >= 11 is 1.13. The number of nitrogen functional groups attached to an aromatic ring is 1. The maximum atomic E-state index is 12.6. The van der Waals surface area contributed by atoms with Crippen molar-refractivity contribution in [3.8, 4) is 11.3 Å². The van der Waals surface area contributed by atoms with Gasteiger partial charge < -0.3 is 11.1 Å². The van der Waals surface area contributed by atoms with Crippen LogP contribution in [0.3, 0.4) is 0 Å². The van der Waals surface area contributed by atoms with E-state index in [1.165, 1.54) is 6.92 Å². The first-order valence-corrected chi connectivity index (χ1v) is 8.10. The van der Waals surface area contributed by atoms with Gasteiger partial charge in [0.05, 0.1) is 5.69 Å². The third-order valence-corrected chi connectivity index (χ3v) is 4.31. The van der Waals surface area contributed by atoms with E-state index in [-0.39, 0.29) is 11.7 Å². The van der Waals surface area contributed by atoms with Crippen LogP contribution in [-0.2, 0) is 0 Å². The minimum Gasteiger partial charge on any atom is -0.375 e. The number of rotatable bonds is 4. The van der Waals surface area contributed by atoms with Crippen molar-refractivity contribution in [3.05, 3.63) is 65.0 Å². The molecule has 0 atom stereocenters. The number of ketones is 1. The van der Waals surface area contributed by atoms with E-state index in [0.29, 0.717) is 27.0 Å². The van der Waals surface area contributed by atoms with Gasteiger partial charge in [0, 0.05) is 16.8 Å². The van der Waals surface area contributed by atoms with Crippen molar-refractivity contribution in [2.24, 2.45) is 0 Å². The van der Waals surface area contributed by atoms with Crippen LogP contribution in [-0.4, -0.2) is 16.7 Å². The summed E-state index contributed by atoms with van der Waals surface area (Å²) in [5, 5.41) is 3.13. The van der Waals surface area contributed by atoms with Crippen LogP contribution in [0.25, 0.3) is 11.3 Å². The number of anilines is 2. The molecule has 0 aliphatic carbocycles. The highest BCUT2D eigenvalue weighted by Gasteiger charge is 2.19. The maximum absolute atomic E-state index is 12.6. The molecule has 120 valence electrons. The predicted octanol–water partition coefficient (Wildman–Crippen LogP) is 3.85. The van der Waals surface area contributed by atoms with Crippen LogP contribution in [0.15, 0.2) is 54.6 Å². The van der Waals surface area contributed by atoms with Gasteiger partial charge in [-0.05, 0) is 19.1 Å². The van der Waals surface area contributed by atoms with E-state index in [0.717, 1.165) is 16.9 Å². The van der Waals surface area contributed by atoms with E-state index < -0.39 is 0 Å². The van der Waals surface area contributed by atoms with Gasteiger partial charge >= 0.3 is 0 Å². The Morgan fingerprint density at radius 2 is 1.83 bits per heavy atom. The largest absolute Gasteiger partial charge is 0.375 e. The van der Waals surface area contributed by atoms with Crippen LogP contribution >= 0.6 is 11.3 Å². The zero-order chi connectivity index (χ0) is 17.1. The number of aromatic nitrogens is 1. The van der Waals surface area contributed by atoms with Crippen molar-refractivity contribution in [3.63, 3.8) is 0 Å². The number of benzene rings is 2. The molecule has 1 aromatic heterocycles. The summed E-state index contributed by atoms with van der Waals surface area (Å²) < 4.78 is 0. The fourth-order valence-electron chi connectivity index (χ4n) is 2.29. The Bertz CT molecular complexity index is 904. The topological polar surface area (TPSA) is 85.1 Å². The van der Waals surface area contributed by atoms with E-state index >= 15 is 0 Å². The van der Waals surface area contributed by atoms with Crippen LogP contribution in [0.1, 0.15) is 27.0 Å². The number of nitrogens with zero attached hydrogens (tertiary/aromatic N) is 1. The molecule has 0 unspecified atom stereocenters. The molecule has 0 radical (unpaired) electrons. The summed E-state index contributed by atoms with van der Waals surface area (Å²) in [6, 6.07) is 16.2. The Morgan fingerprint density at radius 3 is 2.54 bits per heavy atom. The van der Waals surface area contributed by atoms with Gasteiger partial charge in [-0.1, -0.05) is 53.8 Å². The average Bonchev–Trinajstić information content (AvgIpc) is 2.98. The molecule has 0 saturated carbocycles. The summed E-state index contributed by atoms with van der Waals surface area (Å²) in [5.74, 6) is -0.359. The number of amides is 1. The van der Waals surface area contributed by atoms with Crippen LogP contribution in [0.5, 0.6) is 0 Å². The van der Waals surface area contributed by atoms with Crippen LogP contribution in [0.4, 0.5) is 10.8 Å². The molecule has 1 amide bonds. The lowest BCUT2D eigenvalue weighted by atomic mass is 10.1. The van der Waals surface area contributed by atoms with Gasteiger partial charge in [0.2, 0.25) is 0 Å². The van der Waals surface area contributed by atoms with Gasteiger partial charge in [0.25, 0.3) is 5.91 Å². The van der Waals surface area contributed by atoms with E-state index in [2.05, 4.69) is 10.3 Å².